The van der Waals surface area contributed by atoms with Crippen LogP contribution in [0.1, 0.15) is 49.0 Å². The van der Waals surface area contributed by atoms with Gasteiger partial charge >= 0.3 is 0 Å². The summed E-state index contributed by atoms with van der Waals surface area (Å²) in [5, 5.41) is 0. The van der Waals surface area contributed by atoms with Crippen LogP contribution in [0.3, 0.4) is 0 Å². The van der Waals surface area contributed by atoms with E-state index in [1.54, 1.807) is 11.3 Å². The highest BCUT2D eigenvalue weighted by Gasteiger charge is 2.41. The number of ether oxygens (including phenoxy) is 2. The number of fused-ring (bicyclic) bond motifs is 1. The molecular weight excluding hydrogens is 344 g/mol. The van der Waals surface area contributed by atoms with Gasteiger partial charge in [0.05, 0.1) is 10.4 Å². The molecule has 26 heavy (non-hydrogen) atoms. The summed E-state index contributed by atoms with van der Waals surface area (Å²) in [7, 11) is 0. The van der Waals surface area contributed by atoms with Gasteiger partial charge in [-0.25, -0.2) is 0 Å². The Morgan fingerprint density at radius 1 is 1.23 bits per heavy atom. The second-order valence-corrected chi connectivity index (χ2v) is 8.90. The third kappa shape index (κ3) is 3.23. The van der Waals surface area contributed by atoms with Crippen LogP contribution >= 0.6 is 11.3 Å². The van der Waals surface area contributed by atoms with E-state index < -0.39 is 0 Å². The van der Waals surface area contributed by atoms with Gasteiger partial charge in [-0.15, -0.1) is 11.3 Å². The lowest BCUT2D eigenvalue weighted by molar-refractivity contribution is -0.0337. The van der Waals surface area contributed by atoms with Crippen molar-refractivity contribution in [1.82, 2.24) is 9.88 Å². The monoisotopic (exact) mass is 370 g/mol. The van der Waals surface area contributed by atoms with Crippen LogP contribution in [0, 0.1) is 0 Å². The highest BCUT2D eigenvalue weighted by atomic mass is 32.1. The third-order valence-corrected chi connectivity index (χ3v) is 7.13. The number of hydrogen-bond donors (Lipinski definition) is 0. The number of piperidine rings is 1. The van der Waals surface area contributed by atoms with E-state index in [0.29, 0.717) is 6.61 Å². The van der Waals surface area contributed by atoms with Crippen LogP contribution in [-0.2, 0) is 13.0 Å². The fourth-order valence-electron chi connectivity index (χ4n) is 4.46. The minimum Gasteiger partial charge on any atom is -0.488 e. The standard InChI is InChI=1S/C21H26N2O2S/c1-2-17(3-1)23-10-8-21(9-11-23)7-6-16-12-18(4-5-20(16)25-21)24-14-19-13-22-15-26-19/h4-5,12-13,15,17H,1-3,6-11,14H2. The molecule has 1 aromatic heterocycles. The lowest BCUT2D eigenvalue weighted by Gasteiger charge is -2.48. The molecule has 0 unspecified atom stereocenters. The van der Waals surface area contributed by atoms with Crippen molar-refractivity contribution < 1.29 is 9.47 Å². The summed E-state index contributed by atoms with van der Waals surface area (Å²) in [6, 6.07) is 7.17. The molecule has 1 aromatic carbocycles. The summed E-state index contributed by atoms with van der Waals surface area (Å²) in [5.74, 6) is 2.00. The average Bonchev–Trinajstić information content (AvgIpc) is 3.14. The van der Waals surface area contributed by atoms with E-state index in [-0.39, 0.29) is 5.60 Å². The Kier molecular flexibility index (Phi) is 4.37. The molecule has 2 fully saturated rings. The van der Waals surface area contributed by atoms with E-state index >= 15 is 0 Å². The van der Waals surface area contributed by atoms with Gasteiger partial charge in [0.2, 0.25) is 0 Å². The predicted octanol–water partition coefficient (Wildman–Crippen LogP) is 4.43. The molecule has 0 atom stereocenters. The van der Waals surface area contributed by atoms with Crippen molar-refractivity contribution in [3.8, 4) is 11.5 Å². The zero-order chi connectivity index (χ0) is 17.4. The second-order valence-electron chi connectivity index (χ2n) is 7.93. The Morgan fingerprint density at radius 2 is 2.12 bits per heavy atom. The summed E-state index contributed by atoms with van der Waals surface area (Å²) < 4.78 is 12.5. The molecule has 1 spiro atoms. The van der Waals surface area contributed by atoms with Crippen molar-refractivity contribution in [3.05, 3.63) is 40.3 Å². The normalized spacial score (nSPS) is 22.5. The molecule has 4 nitrogen and oxygen atoms in total. The Morgan fingerprint density at radius 3 is 2.85 bits per heavy atom. The first kappa shape index (κ1) is 16.6. The zero-order valence-corrected chi connectivity index (χ0v) is 16.0. The quantitative estimate of drug-likeness (QED) is 0.797. The van der Waals surface area contributed by atoms with Crippen LogP contribution in [0.15, 0.2) is 29.9 Å². The van der Waals surface area contributed by atoms with E-state index in [1.807, 2.05) is 17.8 Å². The number of thiazole rings is 1. The Labute approximate surface area is 159 Å². The third-order valence-electron chi connectivity index (χ3n) is 6.37. The molecule has 0 radical (unpaired) electrons. The number of benzene rings is 1. The van der Waals surface area contributed by atoms with Crippen molar-refractivity contribution in [2.45, 2.75) is 63.2 Å². The SMILES string of the molecule is c1ncc(COc2ccc3c(c2)CCC2(CCN(C4CCC4)CC2)O3)s1. The maximum atomic E-state index is 6.56. The summed E-state index contributed by atoms with van der Waals surface area (Å²) >= 11 is 1.63. The van der Waals surface area contributed by atoms with E-state index in [2.05, 4.69) is 22.0 Å². The van der Waals surface area contributed by atoms with E-state index in [4.69, 9.17) is 9.47 Å². The molecule has 0 bridgehead atoms. The van der Waals surface area contributed by atoms with Crippen LogP contribution in [0.2, 0.25) is 0 Å². The molecule has 5 heteroatoms. The number of nitrogens with zero attached hydrogens (tertiary/aromatic N) is 2. The molecule has 1 aliphatic carbocycles. The molecule has 3 heterocycles. The molecule has 1 saturated heterocycles. The Balaban J connectivity index is 1.22. The molecule has 2 aromatic rings. The highest BCUT2D eigenvalue weighted by molar-refractivity contribution is 7.09. The van der Waals surface area contributed by atoms with Crippen molar-refractivity contribution in [2.24, 2.45) is 0 Å². The Bertz CT molecular complexity index is 749. The van der Waals surface area contributed by atoms with E-state index in [9.17, 15) is 0 Å². The van der Waals surface area contributed by atoms with Gasteiger partial charge in [-0.1, -0.05) is 6.42 Å². The smallest absolute Gasteiger partial charge is 0.124 e. The van der Waals surface area contributed by atoms with Gasteiger partial charge in [0.15, 0.2) is 0 Å². The van der Waals surface area contributed by atoms with Crippen molar-refractivity contribution in [1.29, 1.82) is 0 Å². The van der Waals surface area contributed by atoms with Crippen molar-refractivity contribution in [2.75, 3.05) is 13.1 Å². The number of aryl methyl sites for hydroxylation is 1. The largest absolute Gasteiger partial charge is 0.488 e. The summed E-state index contributed by atoms with van der Waals surface area (Å²) in [6.07, 6.45) is 10.7. The van der Waals surface area contributed by atoms with Crippen LogP contribution in [0.5, 0.6) is 11.5 Å². The molecule has 1 saturated carbocycles. The van der Waals surface area contributed by atoms with Gasteiger partial charge in [0, 0.05) is 25.3 Å². The topological polar surface area (TPSA) is 34.6 Å². The first-order valence-corrected chi connectivity index (χ1v) is 10.7. The van der Waals surface area contributed by atoms with Crippen molar-refractivity contribution in [3.63, 3.8) is 0 Å². The molecule has 2 aliphatic heterocycles. The lowest BCUT2D eigenvalue weighted by Crippen LogP contribution is -2.53. The average molecular weight is 371 g/mol. The number of likely N-dealkylation sites (tertiary alicyclic amines) is 1. The molecule has 0 amide bonds. The van der Waals surface area contributed by atoms with Gasteiger partial charge in [0.25, 0.3) is 0 Å². The molecule has 0 N–H and O–H groups in total. The van der Waals surface area contributed by atoms with Crippen LogP contribution in [0.25, 0.3) is 0 Å². The molecule has 138 valence electrons. The van der Waals surface area contributed by atoms with Crippen LogP contribution in [-0.4, -0.2) is 34.6 Å². The fraction of sp³-hybridized carbons (Fsp3) is 0.571. The second kappa shape index (κ2) is 6.86. The van der Waals surface area contributed by atoms with Gasteiger partial charge in [0.1, 0.15) is 23.7 Å². The minimum absolute atomic E-state index is 0.0677. The summed E-state index contributed by atoms with van der Waals surface area (Å²) in [6.45, 7) is 3.00. The Hall–Kier alpha value is -1.59. The summed E-state index contributed by atoms with van der Waals surface area (Å²) in [4.78, 5) is 7.94. The number of rotatable bonds is 4. The van der Waals surface area contributed by atoms with Gasteiger partial charge in [-0.3, -0.25) is 4.98 Å². The number of aromatic nitrogens is 1. The zero-order valence-electron chi connectivity index (χ0n) is 15.2. The summed E-state index contributed by atoms with van der Waals surface area (Å²) in [5.41, 5.74) is 3.20. The van der Waals surface area contributed by atoms with E-state index in [0.717, 1.165) is 35.3 Å². The molecule has 5 rings (SSSR count). The van der Waals surface area contributed by atoms with Gasteiger partial charge in [-0.2, -0.15) is 0 Å². The minimum atomic E-state index is 0.0677. The molecular formula is C21H26N2O2S. The van der Waals surface area contributed by atoms with Crippen LogP contribution in [0.4, 0.5) is 0 Å². The molecule has 3 aliphatic rings. The van der Waals surface area contributed by atoms with Gasteiger partial charge in [-0.05, 0) is 62.3 Å². The van der Waals surface area contributed by atoms with Crippen molar-refractivity contribution >= 4 is 11.3 Å². The number of hydrogen-bond acceptors (Lipinski definition) is 5. The maximum Gasteiger partial charge on any atom is 0.124 e. The van der Waals surface area contributed by atoms with Gasteiger partial charge < -0.3 is 14.4 Å². The first-order chi connectivity index (χ1) is 12.8. The van der Waals surface area contributed by atoms with Crippen LogP contribution < -0.4 is 9.47 Å². The highest BCUT2D eigenvalue weighted by Crippen LogP contribution is 2.41. The lowest BCUT2D eigenvalue weighted by atomic mass is 9.81. The first-order valence-electron chi connectivity index (χ1n) is 9.86. The maximum absolute atomic E-state index is 6.56. The van der Waals surface area contributed by atoms with E-state index in [1.165, 1.54) is 50.8 Å². The fourth-order valence-corrected chi connectivity index (χ4v) is 4.96. The predicted molar refractivity (Wildman–Crippen MR) is 103 cm³/mol.